The van der Waals surface area contributed by atoms with Crippen molar-refractivity contribution in [1.29, 1.82) is 0 Å². The second-order valence-corrected chi connectivity index (χ2v) is 7.62. The average molecular weight is 286 g/mol. The number of phosphoric acid groups is 1. The SMILES string of the molecule is CCOP(=O)(O)OCC=[P+]([O-])CC[N+](C)(C)C. The Morgan fingerprint density at radius 2 is 2.00 bits per heavy atom. The van der Waals surface area contributed by atoms with Gasteiger partial charge >= 0.3 is 7.82 Å². The minimum atomic E-state index is -3.96. The first kappa shape index (κ1) is 17.2. The van der Waals surface area contributed by atoms with E-state index in [1.165, 1.54) is 5.80 Å². The number of rotatable bonds is 8. The molecule has 0 aromatic rings. The fraction of sp³-hybridized carbons (Fsp3) is 0.889. The molecule has 2 atom stereocenters. The molecule has 0 saturated heterocycles. The Morgan fingerprint density at radius 1 is 1.41 bits per heavy atom. The van der Waals surface area contributed by atoms with E-state index < -0.39 is 15.6 Å². The van der Waals surface area contributed by atoms with E-state index in [-0.39, 0.29) is 13.2 Å². The van der Waals surface area contributed by atoms with Crippen LogP contribution in [0.4, 0.5) is 0 Å². The lowest BCUT2D eigenvalue weighted by atomic mass is 10.6. The fourth-order valence-electron chi connectivity index (χ4n) is 0.901. The van der Waals surface area contributed by atoms with E-state index in [0.29, 0.717) is 6.16 Å². The number of quaternary nitrogens is 1. The molecule has 17 heavy (non-hydrogen) atoms. The van der Waals surface area contributed by atoms with Crippen molar-refractivity contribution in [2.45, 2.75) is 6.92 Å². The van der Waals surface area contributed by atoms with Gasteiger partial charge in [0, 0.05) is 0 Å². The van der Waals surface area contributed by atoms with E-state index in [1.54, 1.807) is 6.92 Å². The minimum Gasteiger partial charge on any atom is -0.630 e. The smallest absolute Gasteiger partial charge is 0.472 e. The molecule has 0 heterocycles. The summed E-state index contributed by atoms with van der Waals surface area (Å²) in [6, 6.07) is 0. The second kappa shape index (κ2) is 7.59. The van der Waals surface area contributed by atoms with Crippen molar-refractivity contribution in [2.24, 2.45) is 0 Å². The molecule has 0 saturated carbocycles. The third-order valence-corrected chi connectivity index (χ3v) is 4.06. The van der Waals surface area contributed by atoms with Crippen molar-refractivity contribution < 1.29 is 27.9 Å². The standard InChI is InChI=1S/C9H21NO5P2/c1-5-14-17(12,13)15-7-9-16(11)8-6-10(2,3)4/h9H,5-8H2,1-4H3/p+1. The van der Waals surface area contributed by atoms with Crippen LogP contribution < -0.4 is 4.89 Å². The lowest BCUT2D eigenvalue weighted by Gasteiger charge is -2.22. The fourth-order valence-corrected chi connectivity index (χ4v) is 2.90. The molecular formula is C9H22NO5P2+. The number of hydrogen-bond acceptors (Lipinski definition) is 4. The van der Waals surface area contributed by atoms with Gasteiger partial charge in [0.1, 0.15) is 18.9 Å². The highest BCUT2D eigenvalue weighted by Gasteiger charge is 2.19. The first-order valence-corrected chi connectivity index (χ1v) is 8.36. The van der Waals surface area contributed by atoms with Crippen LogP contribution in [-0.2, 0) is 13.6 Å². The van der Waals surface area contributed by atoms with Crippen LogP contribution in [0.2, 0.25) is 0 Å². The maximum atomic E-state index is 11.5. The Labute approximate surface area is 104 Å². The highest BCUT2D eigenvalue weighted by atomic mass is 31.2. The van der Waals surface area contributed by atoms with E-state index in [1.807, 2.05) is 21.1 Å². The summed E-state index contributed by atoms with van der Waals surface area (Å²) in [5, 5.41) is 0. The van der Waals surface area contributed by atoms with Gasteiger partial charge in [-0.3, -0.25) is 9.05 Å². The Balaban J connectivity index is 3.96. The quantitative estimate of drug-likeness (QED) is 0.516. The molecule has 2 unspecified atom stereocenters. The van der Waals surface area contributed by atoms with Gasteiger partial charge in [0.15, 0.2) is 6.16 Å². The molecule has 0 aromatic carbocycles. The molecule has 6 nitrogen and oxygen atoms in total. The molecule has 0 bridgehead atoms. The number of hydrogen-bond donors (Lipinski definition) is 1. The molecule has 0 aliphatic carbocycles. The van der Waals surface area contributed by atoms with Crippen LogP contribution in [0.1, 0.15) is 6.92 Å². The van der Waals surface area contributed by atoms with Crippen LogP contribution in [0.15, 0.2) is 0 Å². The summed E-state index contributed by atoms with van der Waals surface area (Å²) >= 11 is 0. The first-order chi connectivity index (χ1) is 7.66. The van der Waals surface area contributed by atoms with Crippen LogP contribution >= 0.6 is 15.6 Å². The van der Waals surface area contributed by atoms with Crippen LogP contribution in [0, 0.1) is 0 Å². The molecule has 0 aliphatic rings. The van der Waals surface area contributed by atoms with Crippen molar-refractivity contribution >= 4 is 21.4 Å². The summed E-state index contributed by atoms with van der Waals surface area (Å²) in [7, 11) is 0.557. The molecule has 0 aliphatic heterocycles. The van der Waals surface area contributed by atoms with Gasteiger partial charge in [0.05, 0.1) is 35.5 Å². The second-order valence-electron chi connectivity index (χ2n) is 4.52. The highest BCUT2D eigenvalue weighted by molar-refractivity contribution is 7.50. The van der Waals surface area contributed by atoms with Crippen molar-refractivity contribution in [1.82, 2.24) is 0 Å². The molecule has 0 amide bonds. The predicted octanol–water partition coefficient (Wildman–Crippen LogP) is 0.405. The summed E-state index contributed by atoms with van der Waals surface area (Å²) in [4.78, 5) is 20.6. The summed E-state index contributed by atoms with van der Waals surface area (Å²) in [5.41, 5.74) is 0. The van der Waals surface area contributed by atoms with Crippen molar-refractivity contribution in [2.75, 3.05) is 47.1 Å². The third kappa shape index (κ3) is 11.0. The summed E-state index contributed by atoms with van der Waals surface area (Å²) < 4.78 is 20.9. The average Bonchev–Trinajstić information content (AvgIpc) is 2.13. The Morgan fingerprint density at radius 3 is 2.47 bits per heavy atom. The van der Waals surface area contributed by atoms with Crippen molar-refractivity contribution in [3.8, 4) is 0 Å². The zero-order chi connectivity index (χ0) is 13.5. The summed E-state index contributed by atoms with van der Waals surface area (Å²) in [5.74, 6) is 1.41. The predicted molar refractivity (Wildman–Crippen MR) is 68.2 cm³/mol. The molecule has 0 radical (unpaired) electrons. The van der Waals surface area contributed by atoms with Crippen molar-refractivity contribution in [3.05, 3.63) is 0 Å². The van der Waals surface area contributed by atoms with Gasteiger partial charge in [-0.25, -0.2) is 4.57 Å². The minimum absolute atomic E-state index is 0.0986. The molecule has 0 aromatic heterocycles. The van der Waals surface area contributed by atoms with Gasteiger partial charge in [-0.2, -0.15) is 0 Å². The number of phosphoric ester groups is 1. The van der Waals surface area contributed by atoms with Crippen molar-refractivity contribution in [3.63, 3.8) is 0 Å². The monoisotopic (exact) mass is 286 g/mol. The highest BCUT2D eigenvalue weighted by Crippen LogP contribution is 2.42. The largest absolute Gasteiger partial charge is 0.630 e. The zero-order valence-electron chi connectivity index (χ0n) is 10.8. The van der Waals surface area contributed by atoms with E-state index in [2.05, 4.69) is 9.05 Å². The van der Waals surface area contributed by atoms with Crippen LogP contribution in [0.3, 0.4) is 0 Å². The molecule has 0 spiro atoms. The van der Waals surface area contributed by atoms with Crippen LogP contribution in [-0.4, -0.2) is 62.2 Å². The van der Waals surface area contributed by atoms with Crippen LogP contribution in [0.5, 0.6) is 0 Å². The topological polar surface area (TPSA) is 78.8 Å². The molecule has 0 rings (SSSR count). The van der Waals surface area contributed by atoms with E-state index in [0.717, 1.165) is 11.0 Å². The van der Waals surface area contributed by atoms with Gasteiger partial charge in [-0.05, 0) is 6.92 Å². The summed E-state index contributed by atoms with van der Waals surface area (Å²) in [6.07, 6.45) is 0.534. The van der Waals surface area contributed by atoms with E-state index in [9.17, 15) is 9.46 Å². The Bertz CT molecular complexity index is 300. The van der Waals surface area contributed by atoms with Gasteiger partial charge in [-0.1, -0.05) is 0 Å². The number of nitrogens with zero attached hydrogens (tertiary/aromatic N) is 1. The molecular weight excluding hydrogens is 264 g/mol. The molecule has 1 N–H and O–H groups in total. The van der Waals surface area contributed by atoms with Crippen LogP contribution in [0.25, 0.3) is 0 Å². The van der Waals surface area contributed by atoms with Gasteiger partial charge in [0.25, 0.3) is 0 Å². The maximum Gasteiger partial charge on any atom is 0.472 e. The lowest BCUT2D eigenvalue weighted by Crippen LogP contribution is -2.36. The Kier molecular flexibility index (Phi) is 7.68. The lowest BCUT2D eigenvalue weighted by molar-refractivity contribution is -0.867. The normalized spacial score (nSPS) is 16.9. The van der Waals surface area contributed by atoms with E-state index >= 15 is 0 Å². The molecule has 8 heteroatoms. The van der Waals surface area contributed by atoms with Gasteiger partial charge in [0.2, 0.25) is 0 Å². The molecule has 0 fully saturated rings. The van der Waals surface area contributed by atoms with E-state index in [4.69, 9.17) is 4.89 Å². The zero-order valence-corrected chi connectivity index (χ0v) is 12.6. The maximum absolute atomic E-state index is 11.5. The van der Waals surface area contributed by atoms with Gasteiger partial charge in [-0.15, -0.1) is 0 Å². The Hall–Kier alpha value is 0.200. The molecule has 102 valence electrons. The summed E-state index contributed by atoms with van der Waals surface area (Å²) in [6.45, 7) is 2.33. The third-order valence-electron chi connectivity index (χ3n) is 1.80. The first-order valence-electron chi connectivity index (χ1n) is 5.36. The van der Waals surface area contributed by atoms with Gasteiger partial charge < -0.3 is 14.3 Å².